The average Bonchev–Trinajstić information content (AvgIpc) is 3.29. The monoisotopic (exact) mass is 376 g/mol. The second kappa shape index (κ2) is 6.48. The van der Waals surface area contributed by atoms with Gasteiger partial charge in [0.2, 0.25) is 0 Å². The van der Waals surface area contributed by atoms with Crippen LogP contribution in [0.3, 0.4) is 0 Å². The van der Waals surface area contributed by atoms with Crippen molar-refractivity contribution in [3.63, 3.8) is 0 Å². The lowest BCUT2D eigenvalue weighted by Gasteiger charge is -2.37. The van der Waals surface area contributed by atoms with E-state index in [4.69, 9.17) is 4.98 Å². The number of benzene rings is 1. The van der Waals surface area contributed by atoms with E-state index in [0.29, 0.717) is 6.54 Å². The van der Waals surface area contributed by atoms with Gasteiger partial charge in [0, 0.05) is 48.7 Å². The third-order valence-electron chi connectivity index (χ3n) is 5.25. The number of rotatable bonds is 3. The van der Waals surface area contributed by atoms with Crippen LogP contribution in [0.2, 0.25) is 0 Å². The fraction of sp³-hybridized carbons (Fsp3) is 0.238. The first-order valence-electron chi connectivity index (χ1n) is 9.11. The summed E-state index contributed by atoms with van der Waals surface area (Å²) in [5.74, 6) is 0. The van der Waals surface area contributed by atoms with Gasteiger partial charge in [-0.3, -0.25) is 14.1 Å². The zero-order chi connectivity index (χ0) is 18.4. The highest BCUT2D eigenvalue weighted by atomic mass is 32.1. The molecular formula is C21H20N4OS. The van der Waals surface area contributed by atoms with Crippen molar-refractivity contribution in [2.45, 2.75) is 26.1 Å². The molecule has 0 N–H and O–H groups in total. The van der Waals surface area contributed by atoms with E-state index in [-0.39, 0.29) is 11.6 Å². The Bertz CT molecular complexity index is 1160. The lowest BCUT2D eigenvalue weighted by Crippen LogP contribution is -2.38. The molecule has 4 heterocycles. The number of thiazole rings is 1. The maximum atomic E-state index is 12.5. The zero-order valence-electron chi connectivity index (χ0n) is 15.1. The average molecular weight is 376 g/mol. The lowest BCUT2D eigenvalue weighted by molar-refractivity contribution is 0.172. The van der Waals surface area contributed by atoms with Gasteiger partial charge in [-0.15, -0.1) is 11.3 Å². The van der Waals surface area contributed by atoms with Crippen molar-refractivity contribution < 1.29 is 0 Å². The van der Waals surface area contributed by atoms with Gasteiger partial charge in [-0.2, -0.15) is 0 Å². The molecule has 0 saturated carbocycles. The molecule has 0 amide bonds. The topological polar surface area (TPSA) is 42.5 Å². The molecule has 0 saturated heterocycles. The van der Waals surface area contributed by atoms with Gasteiger partial charge in [0.25, 0.3) is 5.56 Å². The summed E-state index contributed by atoms with van der Waals surface area (Å²) in [6.45, 7) is 4.47. The Morgan fingerprint density at radius 3 is 2.85 bits per heavy atom. The summed E-state index contributed by atoms with van der Waals surface area (Å²) >= 11 is 1.52. The van der Waals surface area contributed by atoms with Crippen molar-refractivity contribution in [1.82, 2.24) is 18.9 Å². The molecule has 0 aliphatic carbocycles. The third-order valence-corrected chi connectivity index (χ3v) is 6.19. The van der Waals surface area contributed by atoms with Crippen LogP contribution in [0.25, 0.3) is 4.96 Å². The molecule has 27 heavy (non-hydrogen) atoms. The van der Waals surface area contributed by atoms with Gasteiger partial charge in [-0.05, 0) is 24.6 Å². The minimum atomic E-state index is 0.00500. The van der Waals surface area contributed by atoms with Crippen molar-refractivity contribution in [2.24, 2.45) is 0 Å². The normalized spacial score (nSPS) is 17.3. The van der Waals surface area contributed by atoms with Gasteiger partial charge >= 0.3 is 0 Å². The lowest BCUT2D eigenvalue weighted by atomic mass is 10.00. The Morgan fingerprint density at radius 1 is 1.15 bits per heavy atom. The molecule has 0 bridgehead atoms. The molecule has 1 atom stereocenters. The summed E-state index contributed by atoms with van der Waals surface area (Å²) < 4.78 is 4.01. The summed E-state index contributed by atoms with van der Waals surface area (Å²) in [4.78, 5) is 20.5. The molecule has 0 radical (unpaired) electrons. The molecule has 136 valence electrons. The van der Waals surface area contributed by atoms with Gasteiger partial charge in [0.15, 0.2) is 4.96 Å². The number of nitrogens with zero attached hydrogens (tertiary/aromatic N) is 4. The highest BCUT2D eigenvalue weighted by Gasteiger charge is 2.29. The van der Waals surface area contributed by atoms with Crippen molar-refractivity contribution in [1.29, 1.82) is 0 Å². The summed E-state index contributed by atoms with van der Waals surface area (Å²) in [6, 6.07) is 16.7. The summed E-state index contributed by atoms with van der Waals surface area (Å²) in [7, 11) is 0. The molecule has 6 heteroatoms. The highest BCUT2D eigenvalue weighted by molar-refractivity contribution is 7.15. The Kier molecular flexibility index (Phi) is 3.95. The summed E-state index contributed by atoms with van der Waals surface area (Å²) in [5, 5.41) is 1.98. The summed E-state index contributed by atoms with van der Waals surface area (Å²) in [6.07, 6.45) is 2.15. The van der Waals surface area contributed by atoms with Gasteiger partial charge in [-0.1, -0.05) is 30.3 Å². The van der Waals surface area contributed by atoms with E-state index in [9.17, 15) is 4.79 Å². The number of aromatic nitrogens is 3. The standard InChI is InChI=1S/C21H20N4OS/c1-15-14-27-21-22-17(12-19(26)25(15)21)13-24-11-10-23-9-5-8-18(23)20(24)16-6-3-2-4-7-16/h2-9,12,14,20H,10-11,13H2,1H3/t20-/m0/s1. The van der Waals surface area contributed by atoms with Crippen LogP contribution in [0.1, 0.15) is 28.7 Å². The number of fused-ring (bicyclic) bond motifs is 2. The van der Waals surface area contributed by atoms with E-state index in [0.717, 1.165) is 29.4 Å². The van der Waals surface area contributed by atoms with Crippen LogP contribution in [0.5, 0.6) is 0 Å². The highest BCUT2D eigenvalue weighted by Crippen LogP contribution is 2.33. The quantitative estimate of drug-likeness (QED) is 0.550. The van der Waals surface area contributed by atoms with E-state index in [2.05, 4.69) is 52.1 Å². The molecule has 1 aromatic carbocycles. The SMILES string of the molecule is Cc1csc2nc(CN3CCn4cccc4[C@@H]3c3ccccc3)cc(=O)n12. The largest absolute Gasteiger partial charge is 0.348 e. The van der Waals surface area contributed by atoms with Gasteiger partial charge in [0.05, 0.1) is 11.7 Å². The van der Waals surface area contributed by atoms with Crippen molar-refractivity contribution in [2.75, 3.05) is 6.54 Å². The first-order valence-corrected chi connectivity index (χ1v) is 9.99. The first kappa shape index (κ1) is 16.5. The van der Waals surface area contributed by atoms with Crippen LogP contribution in [-0.4, -0.2) is 25.4 Å². The molecule has 0 fully saturated rings. The fourth-order valence-electron chi connectivity index (χ4n) is 4.01. The van der Waals surface area contributed by atoms with E-state index >= 15 is 0 Å². The Labute approximate surface area is 161 Å². The van der Waals surface area contributed by atoms with Gasteiger partial charge in [0.1, 0.15) is 0 Å². The van der Waals surface area contributed by atoms with Crippen LogP contribution < -0.4 is 5.56 Å². The maximum Gasteiger partial charge on any atom is 0.259 e. The molecule has 5 nitrogen and oxygen atoms in total. The van der Waals surface area contributed by atoms with Crippen LogP contribution in [-0.2, 0) is 13.1 Å². The van der Waals surface area contributed by atoms with Crippen LogP contribution in [0.15, 0.2) is 64.9 Å². The molecule has 0 spiro atoms. The molecule has 4 aromatic rings. The van der Waals surface area contributed by atoms with Crippen molar-refractivity contribution >= 4 is 16.3 Å². The minimum absolute atomic E-state index is 0.00500. The molecule has 5 rings (SSSR count). The molecule has 1 aliphatic rings. The minimum Gasteiger partial charge on any atom is -0.348 e. The molecule has 1 aliphatic heterocycles. The van der Waals surface area contributed by atoms with Crippen LogP contribution in [0.4, 0.5) is 0 Å². The fourth-order valence-corrected chi connectivity index (χ4v) is 4.90. The summed E-state index contributed by atoms with van der Waals surface area (Å²) in [5.41, 5.74) is 4.34. The van der Waals surface area contributed by atoms with Gasteiger partial charge in [-0.25, -0.2) is 4.98 Å². The van der Waals surface area contributed by atoms with Crippen LogP contribution >= 0.6 is 11.3 Å². The first-order chi connectivity index (χ1) is 13.2. The van der Waals surface area contributed by atoms with E-state index in [1.165, 1.54) is 22.6 Å². The number of hydrogen-bond donors (Lipinski definition) is 0. The van der Waals surface area contributed by atoms with Crippen LogP contribution in [0, 0.1) is 6.92 Å². The Hall–Kier alpha value is -2.70. The Morgan fingerprint density at radius 2 is 2.00 bits per heavy atom. The smallest absolute Gasteiger partial charge is 0.259 e. The van der Waals surface area contributed by atoms with Crippen molar-refractivity contribution in [3.8, 4) is 0 Å². The van der Waals surface area contributed by atoms with Crippen molar-refractivity contribution in [3.05, 3.63) is 93.1 Å². The van der Waals surface area contributed by atoms with Gasteiger partial charge < -0.3 is 4.57 Å². The maximum absolute atomic E-state index is 12.5. The molecular weight excluding hydrogens is 356 g/mol. The number of aryl methyl sites for hydroxylation is 1. The molecule has 3 aromatic heterocycles. The predicted octanol–water partition coefficient (Wildman–Crippen LogP) is 3.47. The third kappa shape index (κ3) is 2.81. The predicted molar refractivity (Wildman–Crippen MR) is 107 cm³/mol. The second-order valence-electron chi connectivity index (χ2n) is 6.99. The zero-order valence-corrected chi connectivity index (χ0v) is 15.9. The van der Waals surface area contributed by atoms with E-state index in [1.807, 2.05) is 18.4 Å². The second-order valence-corrected chi connectivity index (χ2v) is 7.83. The van der Waals surface area contributed by atoms with E-state index < -0.39 is 0 Å². The number of hydrogen-bond acceptors (Lipinski definition) is 4. The van der Waals surface area contributed by atoms with E-state index in [1.54, 1.807) is 10.5 Å². The molecule has 0 unspecified atom stereocenters. The Balaban J connectivity index is 1.55.